The van der Waals surface area contributed by atoms with Gasteiger partial charge in [0.15, 0.2) is 0 Å². The number of nitrogens with one attached hydrogen (secondary N) is 1. The van der Waals surface area contributed by atoms with Crippen LogP contribution in [0.1, 0.15) is 15.9 Å². The lowest BCUT2D eigenvalue weighted by molar-refractivity contribution is -0.123. The Morgan fingerprint density at radius 2 is 2.05 bits per heavy atom. The number of aromatic carboxylic acids is 1. The summed E-state index contributed by atoms with van der Waals surface area (Å²) in [6.07, 6.45) is 0. The Balaban J connectivity index is 1.80. The normalized spacial score (nSPS) is 15.8. The maximum Gasteiger partial charge on any atom is 0.335 e. The zero-order valence-corrected chi connectivity index (χ0v) is 11.2. The molecule has 0 aliphatic carbocycles. The standard InChI is InChI=1S/C14H18N2O4/c17-13(10-16-4-6-20-7-5-16)15-9-11-2-1-3-12(8-11)14(18)19/h1-3,8H,4-7,9-10H2,(H,15,17)(H,18,19). The number of hydrogen-bond acceptors (Lipinski definition) is 4. The van der Waals surface area contributed by atoms with Crippen molar-refractivity contribution in [2.45, 2.75) is 6.54 Å². The fourth-order valence-corrected chi connectivity index (χ4v) is 2.03. The smallest absolute Gasteiger partial charge is 0.335 e. The number of carboxylic acids is 1. The number of rotatable bonds is 5. The number of morpholine rings is 1. The summed E-state index contributed by atoms with van der Waals surface area (Å²) < 4.78 is 5.22. The molecule has 1 amide bonds. The average molecular weight is 278 g/mol. The molecule has 2 rings (SSSR count). The summed E-state index contributed by atoms with van der Waals surface area (Å²) in [5, 5.41) is 11.7. The Kier molecular flexibility index (Phi) is 5.09. The minimum atomic E-state index is -0.966. The van der Waals surface area contributed by atoms with Gasteiger partial charge in [-0.3, -0.25) is 9.69 Å². The first-order valence-electron chi connectivity index (χ1n) is 6.54. The predicted octanol–water partition coefficient (Wildman–Crippen LogP) is 0.333. The first kappa shape index (κ1) is 14.5. The van der Waals surface area contributed by atoms with E-state index in [1.807, 2.05) is 4.90 Å². The zero-order valence-electron chi connectivity index (χ0n) is 11.2. The van der Waals surface area contributed by atoms with Gasteiger partial charge in [0, 0.05) is 19.6 Å². The molecule has 2 N–H and O–H groups in total. The van der Waals surface area contributed by atoms with Crippen LogP contribution in [-0.2, 0) is 16.1 Å². The van der Waals surface area contributed by atoms with Crippen molar-refractivity contribution in [3.63, 3.8) is 0 Å². The number of amides is 1. The Labute approximate surface area is 117 Å². The van der Waals surface area contributed by atoms with Gasteiger partial charge in [-0.05, 0) is 17.7 Å². The molecule has 1 aliphatic rings. The third kappa shape index (κ3) is 4.32. The van der Waals surface area contributed by atoms with E-state index in [4.69, 9.17) is 9.84 Å². The molecule has 0 aromatic heterocycles. The molecule has 1 aliphatic heterocycles. The van der Waals surface area contributed by atoms with Crippen LogP contribution in [0.15, 0.2) is 24.3 Å². The van der Waals surface area contributed by atoms with Crippen LogP contribution in [0.4, 0.5) is 0 Å². The van der Waals surface area contributed by atoms with Gasteiger partial charge in [-0.25, -0.2) is 4.79 Å². The summed E-state index contributed by atoms with van der Waals surface area (Å²) in [5.74, 6) is -1.03. The van der Waals surface area contributed by atoms with Gasteiger partial charge in [0.25, 0.3) is 0 Å². The molecule has 0 saturated carbocycles. The van der Waals surface area contributed by atoms with Gasteiger partial charge in [0.1, 0.15) is 0 Å². The van der Waals surface area contributed by atoms with Gasteiger partial charge >= 0.3 is 5.97 Å². The highest BCUT2D eigenvalue weighted by molar-refractivity contribution is 5.87. The molecule has 20 heavy (non-hydrogen) atoms. The monoisotopic (exact) mass is 278 g/mol. The third-order valence-corrected chi connectivity index (χ3v) is 3.13. The molecule has 0 spiro atoms. The number of carbonyl (C=O) groups is 2. The van der Waals surface area contributed by atoms with Crippen LogP contribution in [0.2, 0.25) is 0 Å². The van der Waals surface area contributed by atoms with E-state index in [0.29, 0.717) is 26.3 Å². The van der Waals surface area contributed by atoms with Crippen molar-refractivity contribution in [1.29, 1.82) is 0 Å². The number of carbonyl (C=O) groups excluding carboxylic acids is 1. The molecule has 0 atom stereocenters. The highest BCUT2D eigenvalue weighted by Crippen LogP contribution is 2.05. The zero-order chi connectivity index (χ0) is 14.4. The molecule has 0 unspecified atom stereocenters. The van der Waals surface area contributed by atoms with Gasteiger partial charge < -0.3 is 15.2 Å². The van der Waals surface area contributed by atoms with Crippen molar-refractivity contribution in [1.82, 2.24) is 10.2 Å². The topological polar surface area (TPSA) is 78.9 Å². The highest BCUT2D eigenvalue weighted by Gasteiger charge is 2.13. The maximum atomic E-state index is 11.8. The van der Waals surface area contributed by atoms with Gasteiger partial charge in [-0.2, -0.15) is 0 Å². The van der Waals surface area contributed by atoms with Gasteiger partial charge in [-0.1, -0.05) is 12.1 Å². The van der Waals surface area contributed by atoms with Crippen LogP contribution in [0.3, 0.4) is 0 Å². The number of ether oxygens (including phenoxy) is 1. The Bertz CT molecular complexity index is 484. The van der Waals surface area contributed by atoms with Crippen molar-refractivity contribution in [3.05, 3.63) is 35.4 Å². The second-order valence-electron chi connectivity index (χ2n) is 4.67. The molecule has 1 saturated heterocycles. The summed E-state index contributed by atoms with van der Waals surface area (Å²) in [5.41, 5.74) is 1.00. The van der Waals surface area contributed by atoms with Gasteiger partial charge in [0.2, 0.25) is 5.91 Å². The molecule has 1 fully saturated rings. The van der Waals surface area contributed by atoms with Crippen LogP contribution in [0.5, 0.6) is 0 Å². The van der Waals surface area contributed by atoms with Crippen molar-refractivity contribution in [2.24, 2.45) is 0 Å². The summed E-state index contributed by atoms with van der Waals surface area (Å²) in [7, 11) is 0. The van der Waals surface area contributed by atoms with E-state index in [9.17, 15) is 9.59 Å². The second-order valence-corrected chi connectivity index (χ2v) is 4.67. The molecule has 108 valence electrons. The van der Waals surface area contributed by atoms with Crippen molar-refractivity contribution < 1.29 is 19.4 Å². The van der Waals surface area contributed by atoms with E-state index in [-0.39, 0.29) is 11.5 Å². The highest BCUT2D eigenvalue weighted by atomic mass is 16.5. The molecule has 0 bridgehead atoms. The fourth-order valence-electron chi connectivity index (χ4n) is 2.03. The summed E-state index contributed by atoms with van der Waals surface area (Å²) >= 11 is 0. The van der Waals surface area contributed by atoms with Crippen molar-refractivity contribution in [3.8, 4) is 0 Å². The average Bonchev–Trinajstić information content (AvgIpc) is 2.46. The first-order valence-corrected chi connectivity index (χ1v) is 6.54. The summed E-state index contributed by atoms with van der Waals surface area (Å²) in [6.45, 7) is 3.54. The Morgan fingerprint density at radius 1 is 1.30 bits per heavy atom. The van der Waals surface area contributed by atoms with Crippen LogP contribution < -0.4 is 5.32 Å². The van der Waals surface area contributed by atoms with E-state index >= 15 is 0 Å². The quantitative estimate of drug-likeness (QED) is 0.811. The van der Waals surface area contributed by atoms with Crippen molar-refractivity contribution >= 4 is 11.9 Å². The first-order chi connectivity index (χ1) is 9.65. The summed E-state index contributed by atoms with van der Waals surface area (Å²) in [4.78, 5) is 24.7. The molecule has 1 aromatic rings. The maximum absolute atomic E-state index is 11.8. The van der Waals surface area contributed by atoms with Gasteiger partial charge in [-0.15, -0.1) is 0 Å². The molecule has 6 nitrogen and oxygen atoms in total. The van der Waals surface area contributed by atoms with E-state index in [1.54, 1.807) is 18.2 Å². The fraction of sp³-hybridized carbons (Fsp3) is 0.429. The molecular formula is C14H18N2O4. The molecular weight excluding hydrogens is 260 g/mol. The number of benzene rings is 1. The number of nitrogens with zero attached hydrogens (tertiary/aromatic N) is 1. The van der Waals surface area contributed by atoms with Crippen LogP contribution in [-0.4, -0.2) is 54.7 Å². The minimum absolute atomic E-state index is 0.0624. The second kappa shape index (κ2) is 7.02. The molecule has 6 heteroatoms. The van der Waals surface area contributed by atoms with E-state index in [2.05, 4.69) is 5.32 Å². The molecule has 0 radical (unpaired) electrons. The number of hydrogen-bond donors (Lipinski definition) is 2. The summed E-state index contributed by atoms with van der Waals surface area (Å²) in [6, 6.07) is 6.56. The SMILES string of the molecule is O=C(CN1CCOCC1)NCc1cccc(C(=O)O)c1. The van der Waals surface area contributed by atoms with Crippen LogP contribution in [0.25, 0.3) is 0 Å². The Morgan fingerprint density at radius 3 is 2.75 bits per heavy atom. The van der Waals surface area contributed by atoms with Crippen molar-refractivity contribution in [2.75, 3.05) is 32.8 Å². The number of carboxylic acid groups (broad SMARTS) is 1. The third-order valence-electron chi connectivity index (χ3n) is 3.13. The largest absolute Gasteiger partial charge is 0.478 e. The van der Waals surface area contributed by atoms with E-state index in [1.165, 1.54) is 6.07 Å². The lowest BCUT2D eigenvalue weighted by Crippen LogP contribution is -2.43. The van der Waals surface area contributed by atoms with Crippen LogP contribution in [0, 0.1) is 0 Å². The van der Waals surface area contributed by atoms with Gasteiger partial charge in [0.05, 0.1) is 25.3 Å². The van der Waals surface area contributed by atoms with E-state index in [0.717, 1.165) is 18.7 Å². The Hall–Kier alpha value is -1.92. The van der Waals surface area contributed by atoms with Crippen LogP contribution >= 0.6 is 0 Å². The lowest BCUT2D eigenvalue weighted by atomic mass is 10.1. The molecule has 1 aromatic carbocycles. The van der Waals surface area contributed by atoms with E-state index < -0.39 is 5.97 Å². The molecule has 1 heterocycles. The minimum Gasteiger partial charge on any atom is -0.478 e. The lowest BCUT2D eigenvalue weighted by Gasteiger charge is -2.25. The predicted molar refractivity (Wildman–Crippen MR) is 72.5 cm³/mol.